The Morgan fingerprint density at radius 1 is 0.733 bits per heavy atom. The minimum absolute atomic E-state index is 0.00857. The molecule has 0 saturated carbocycles. The Kier molecular flexibility index (Phi) is 8.98. The summed E-state index contributed by atoms with van der Waals surface area (Å²) < 4.78 is 68.1. The Hall–Kier alpha value is -5.07. The van der Waals surface area contributed by atoms with Crippen LogP contribution >= 0.6 is 0 Å². The van der Waals surface area contributed by atoms with E-state index in [2.05, 4.69) is 10.0 Å². The van der Waals surface area contributed by atoms with Crippen LogP contribution in [0.5, 0.6) is 11.5 Å². The number of methoxy groups -OCH3 is 2. The highest BCUT2D eigenvalue weighted by atomic mass is 32.2. The molecule has 1 amide bonds. The van der Waals surface area contributed by atoms with E-state index in [0.29, 0.717) is 11.4 Å². The average Bonchev–Trinajstić information content (AvgIpc) is 3.04. The number of nitrogens with zero attached hydrogens (tertiary/aromatic N) is 1. The highest BCUT2D eigenvalue weighted by molar-refractivity contribution is 7.93. The minimum Gasteiger partial charge on any atom is -0.493 e. The number of hydrogen-bond acceptors (Lipinski definition) is 7. The predicted molar refractivity (Wildman–Crippen MR) is 175 cm³/mol. The van der Waals surface area contributed by atoms with Gasteiger partial charge in [0.05, 0.1) is 35.4 Å². The molecule has 0 spiro atoms. The third-order valence-electron chi connectivity index (χ3n) is 7.03. The number of nitrogens with one attached hydrogen (secondary N) is 2. The van der Waals surface area contributed by atoms with Gasteiger partial charge in [0.2, 0.25) is 5.91 Å². The Morgan fingerprint density at radius 2 is 1.38 bits per heavy atom. The number of hydrogen-bond donors (Lipinski definition) is 2. The van der Waals surface area contributed by atoms with Crippen LogP contribution < -0.4 is 23.8 Å². The maximum absolute atomic E-state index is 13.8. The van der Waals surface area contributed by atoms with Gasteiger partial charge in [0.25, 0.3) is 20.0 Å². The highest BCUT2D eigenvalue weighted by Crippen LogP contribution is 2.32. The van der Waals surface area contributed by atoms with Crippen molar-refractivity contribution in [3.63, 3.8) is 0 Å². The topological polar surface area (TPSA) is 131 Å². The lowest BCUT2D eigenvalue weighted by molar-refractivity contribution is -0.114. The molecule has 232 valence electrons. The molecule has 5 aromatic rings. The standard InChI is InChI=1S/C33H31N3O7S2/c1-23-11-15-26(16-12-23)36(45(40,41)28-19-20-31(42-2)32(21-28)43-3)22-33(37)34-25-13-17-27(18-14-25)44(38,39)35-30-10-6-8-24-7-4-5-9-29(24)30/h4-21,35H,22H2,1-3H3,(H,34,37). The summed E-state index contributed by atoms with van der Waals surface area (Å²) in [6.07, 6.45) is 0. The number of ether oxygens (including phenoxy) is 2. The molecule has 5 aromatic carbocycles. The van der Waals surface area contributed by atoms with Gasteiger partial charge in [0.15, 0.2) is 11.5 Å². The van der Waals surface area contributed by atoms with Gasteiger partial charge in [-0.15, -0.1) is 0 Å². The summed E-state index contributed by atoms with van der Waals surface area (Å²) in [7, 11) is -5.33. The summed E-state index contributed by atoms with van der Waals surface area (Å²) in [5.41, 5.74) is 1.93. The SMILES string of the molecule is COc1ccc(S(=O)(=O)N(CC(=O)Nc2ccc(S(=O)(=O)Nc3cccc4ccccc34)cc2)c2ccc(C)cc2)cc1OC. The van der Waals surface area contributed by atoms with E-state index in [0.717, 1.165) is 20.6 Å². The molecule has 0 radical (unpaired) electrons. The number of benzene rings is 5. The number of carbonyl (C=O) groups is 1. The molecule has 10 nitrogen and oxygen atoms in total. The van der Waals surface area contributed by atoms with Crippen LogP contribution in [0.25, 0.3) is 10.8 Å². The Labute approximate surface area is 262 Å². The summed E-state index contributed by atoms with van der Waals surface area (Å²) in [5, 5.41) is 4.32. The highest BCUT2D eigenvalue weighted by Gasteiger charge is 2.28. The van der Waals surface area contributed by atoms with Gasteiger partial charge in [0, 0.05) is 17.1 Å². The second-order valence-corrected chi connectivity index (χ2v) is 13.6. The van der Waals surface area contributed by atoms with Gasteiger partial charge in [0.1, 0.15) is 6.54 Å². The summed E-state index contributed by atoms with van der Waals surface area (Å²) in [6, 6.07) is 29.3. The second kappa shape index (κ2) is 12.9. The molecule has 0 bridgehead atoms. The fraction of sp³-hybridized carbons (Fsp3) is 0.121. The Bertz CT molecular complexity index is 2060. The van der Waals surface area contributed by atoms with E-state index in [1.807, 2.05) is 37.3 Å². The molecule has 12 heteroatoms. The molecule has 0 aromatic heterocycles. The van der Waals surface area contributed by atoms with Crippen LogP contribution in [0.3, 0.4) is 0 Å². The third-order valence-corrected chi connectivity index (χ3v) is 10.2. The van der Waals surface area contributed by atoms with E-state index in [9.17, 15) is 21.6 Å². The number of carbonyl (C=O) groups excluding carboxylic acids is 1. The van der Waals surface area contributed by atoms with E-state index >= 15 is 0 Å². The molecule has 45 heavy (non-hydrogen) atoms. The van der Waals surface area contributed by atoms with Crippen molar-refractivity contribution in [3.8, 4) is 11.5 Å². The fourth-order valence-electron chi connectivity index (χ4n) is 4.70. The Balaban J connectivity index is 1.36. The number of anilines is 3. The monoisotopic (exact) mass is 645 g/mol. The van der Waals surface area contributed by atoms with E-state index in [1.165, 1.54) is 56.7 Å². The zero-order chi connectivity index (χ0) is 32.2. The smallest absolute Gasteiger partial charge is 0.264 e. The molecule has 0 unspecified atom stereocenters. The predicted octanol–water partition coefficient (Wildman–Crippen LogP) is 5.80. The lowest BCUT2D eigenvalue weighted by Crippen LogP contribution is -2.38. The molecular weight excluding hydrogens is 615 g/mol. The van der Waals surface area contributed by atoms with Crippen molar-refractivity contribution in [3.05, 3.63) is 115 Å². The normalized spacial score (nSPS) is 11.5. The molecule has 0 saturated heterocycles. The van der Waals surface area contributed by atoms with Crippen molar-refractivity contribution >= 4 is 53.8 Å². The first-order valence-electron chi connectivity index (χ1n) is 13.7. The number of aryl methyl sites for hydroxylation is 1. The van der Waals surface area contributed by atoms with Crippen LogP contribution in [0.4, 0.5) is 17.1 Å². The van der Waals surface area contributed by atoms with Crippen LogP contribution in [0.15, 0.2) is 119 Å². The largest absolute Gasteiger partial charge is 0.493 e. The summed E-state index contributed by atoms with van der Waals surface area (Å²) in [4.78, 5) is 13.1. The van der Waals surface area contributed by atoms with Crippen molar-refractivity contribution in [2.24, 2.45) is 0 Å². The van der Waals surface area contributed by atoms with Crippen LogP contribution in [-0.4, -0.2) is 43.5 Å². The van der Waals surface area contributed by atoms with Crippen molar-refractivity contribution in [2.45, 2.75) is 16.7 Å². The summed E-state index contributed by atoms with van der Waals surface area (Å²) in [6.45, 7) is 1.31. The van der Waals surface area contributed by atoms with Crippen molar-refractivity contribution in [2.75, 3.05) is 35.1 Å². The first-order chi connectivity index (χ1) is 21.5. The lowest BCUT2D eigenvalue weighted by atomic mass is 10.1. The van der Waals surface area contributed by atoms with E-state index in [1.54, 1.807) is 36.4 Å². The van der Waals surface area contributed by atoms with E-state index in [-0.39, 0.29) is 26.9 Å². The van der Waals surface area contributed by atoms with Gasteiger partial charge in [-0.05, 0) is 66.9 Å². The lowest BCUT2D eigenvalue weighted by Gasteiger charge is -2.24. The Morgan fingerprint density at radius 3 is 2.07 bits per heavy atom. The zero-order valence-corrected chi connectivity index (χ0v) is 26.4. The number of amides is 1. The van der Waals surface area contributed by atoms with Gasteiger partial charge < -0.3 is 14.8 Å². The maximum Gasteiger partial charge on any atom is 0.264 e. The summed E-state index contributed by atoms with van der Waals surface area (Å²) >= 11 is 0. The van der Waals surface area contributed by atoms with Crippen LogP contribution in [0.1, 0.15) is 5.56 Å². The van der Waals surface area contributed by atoms with E-state index < -0.39 is 32.5 Å². The molecule has 0 aliphatic rings. The molecule has 0 aliphatic carbocycles. The molecule has 0 aliphatic heterocycles. The zero-order valence-electron chi connectivity index (χ0n) is 24.7. The first kappa shape index (κ1) is 31.4. The van der Waals surface area contributed by atoms with E-state index in [4.69, 9.17) is 9.47 Å². The van der Waals surface area contributed by atoms with Crippen molar-refractivity contribution < 1.29 is 31.1 Å². The van der Waals surface area contributed by atoms with Gasteiger partial charge in [-0.2, -0.15) is 0 Å². The number of sulfonamides is 2. The van der Waals surface area contributed by atoms with Gasteiger partial charge in [-0.1, -0.05) is 54.1 Å². The van der Waals surface area contributed by atoms with Gasteiger partial charge in [-0.25, -0.2) is 16.8 Å². The molecular formula is C33H31N3O7S2. The van der Waals surface area contributed by atoms with Crippen molar-refractivity contribution in [1.82, 2.24) is 0 Å². The van der Waals surface area contributed by atoms with Crippen LogP contribution in [0, 0.1) is 6.92 Å². The van der Waals surface area contributed by atoms with Crippen LogP contribution in [0.2, 0.25) is 0 Å². The van der Waals surface area contributed by atoms with Gasteiger partial charge >= 0.3 is 0 Å². The average molecular weight is 646 g/mol. The van der Waals surface area contributed by atoms with Crippen molar-refractivity contribution in [1.29, 1.82) is 0 Å². The number of rotatable bonds is 11. The molecule has 0 fully saturated rings. The fourth-order valence-corrected chi connectivity index (χ4v) is 7.21. The molecule has 0 heterocycles. The molecule has 5 rings (SSSR count). The van der Waals surface area contributed by atoms with Gasteiger partial charge in [-0.3, -0.25) is 13.8 Å². The van der Waals surface area contributed by atoms with Crippen LogP contribution in [-0.2, 0) is 24.8 Å². The quantitative estimate of drug-likeness (QED) is 0.186. The first-order valence-corrected chi connectivity index (χ1v) is 16.7. The number of fused-ring (bicyclic) bond motifs is 1. The second-order valence-electron chi connectivity index (χ2n) is 10.1. The molecule has 0 atom stereocenters. The summed E-state index contributed by atoms with van der Waals surface area (Å²) in [5.74, 6) is -0.0603. The minimum atomic E-state index is -4.23. The third kappa shape index (κ3) is 6.87. The molecule has 2 N–H and O–H groups in total. The maximum atomic E-state index is 13.8.